The van der Waals surface area contributed by atoms with Gasteiger partial charge in [-0.15, -0.1) is 0 Å². The maximum absolute atomic E-state index is 14.7. The van der Waals surface area contributed by atoms with E-state index in [4.69, 9.17) is 33.3 Å². The molecule has 8 aromatic carbocycles. The first kappa shape index (κ1) is 61.2. The number of rotatable bonds is 28. The molecule has 16 heteroatoms. The first-order chi connectivity index (χ1) is 42.8. The third-order valence-corrected chi connectivity index (χ3v) is 15.2. The lowest BCUT2D eigenvalue weighted by Crippen LogP contribution is -2.15. The normalized spacial score (nSPS) is 11.9. The van der Waals surface area contributed by atoms with Gasteiger partial charge in [-0.25, -0.2) is 4.79 Å². The Morgan fingerprint density at radius 2 is 0.818 bits per heavy atom. The van der Waals surface area contributed by atoms with E-state index in [2.05, 4.69) is 33.1 Å². The van der Waals surface area contributed by atoms with E-state index >= 15 is 0 Å². The Kier molecular flexibility index (Phi) is 19.5. The second kappa shape index (κ2) is 28.1. The van der Waals surface area contributed by atoms with Crippen LogP contribution in [-0.4, -0.2) is 109 Å². The van der Waals surface area contributed by atoms with Crippen molar-refractivity contribution >= 4 is 78.5 Å². The summed E-state index contributed by atoms with van der Waals surface area (Å²) in [5, 5.41) is 17.5. The van der Waals surface area contributed by atoms with Gasteiger partial charge in [0.1, 0.15) is 59.6 Å². The van der Waals surface area contributed by atoms with E-state index in [1.807, 2.05) is 149 Å². The second-order valence-electron chi connectivity index (χ2n) is 20.8. The van der Waals surface area contributed by atoms with Crippen molar-refractivity contribution in [2.45, 2.75) is 61.6 Å². The first-order valence-corrected chi connectivity index (χ1v) is 29.6. The summed E-state index contributed by atoms with van der Waals surface area (Å²) in [6.45, 7) is 16.0. The smallest absolute Gasteiger partial charge is 0.332 e. The summed E-state index contributed by atoms with van der Waals surface area (Å²) in [6, 6.07) is 49.6. The van der Waals surface area contributed by atoms with E-state index in [9.17, 15) is 24.3 Å². The molecule has 0 aliphatic rings. The number of nitrogens with zero attached hydrogens (tertiary/aromatic N) is 4. The first-order valence-electron chi connectivity index (χ1n) is 29.6. The number of carbonyl (C=O) groups excluding carboxylic acids is 3. The molecule has 0 aliphatic heterocycles. The molecule has 2 aromatic heterocycles. The van der Waals surface area contributed by atoms with Gasteiger partial charge >= 0.3 is 11.9 Å². The summed E-state index contributed by atoms with van der Waals surface area (Å²) in [5.74, 6) is -0.599. The maximum atomic E-state index is 14.7. The highest BCUT2D eigenvalue weighted by atomic mass is 16.7. The third kappa shape index (κ3) is 13.1. The van der Waals surface area contributed by atoms with Crippen LogP contribution in [0.2, 0.25) is 0 Å². The molecular formula is C72H70N4O12. The Bertz CT molecular complexity index is 4050. The van der Waals surface area contributed by atoms with Crippen LogP contribution >= 0.6 is 0 Å². The van der Waals surface area contributed by atoms with Crippen molar-refractivity contribution in [2.75, 3.05) is 59.4 Å². The van der Waals surface area contributed by atoms with Gasteiger partial charge in [-0.3, -0.25) is 19.4 Å². The Morgan fingerprint density at radius 1 is 0.443 bits per heavy atom. The van der Waals surface area contributed by atoms with Crippen LogP contribution in [0.3, 0.4) is 0 Å². The molecule has 88 heavy (non-hydrogen) atoms. The molecule has 0 spiro atoms. The summed E-state index contributed by atoms with van der Waals surface area (Å²) in [7, 11) is 0. The zero-order chi connectivity index (χ0) is 61.8. The van der Waals surface area contributed by atoms with Crippen molar-refractivity contribution in [3.05, 3.63) is 213 Å². The SMILES string of the molecule is CCOc1cccc(OCCOCCOCCOc2cccc(OCC)c2C(=O)c2ccc3c(c2)c2cc(C(=NOC(C)=O)c4ccccc4C)ccc2n3CC)c1C(=O)c1ccc2c(c1)c1cc(C(=NCC(=O)O)c3ccccc3C)ccc1n2CC. The lowest BCUT2D eigenvalue weighted by atomic mass is 9.96. The van der Waals surface area contributed by atoms with Crippen LogP contribution in [0.4, 0.5) is 0 Å². The number of carbonyl (C=O) groups is 4. The molecule has 0 saturated carbocycles. The molecule has 0 unspecified atom stereocenters. The van der Waals surface area contributed by atoms with Gasteiger partial charge in [-0.2, -0.15) is 0 Å². The minimum Gasteiger partial charge on any atom is -0.493 e. The van der Waals surface area contributed by atoms with E-state index in [1.54, 1.807) is 36.4 Å². The van der Waals surface area contributed by atoms with Crippen LogP contribution in [0, 0.1) is 13.8 Å². The Balaban J connectivity index is 0.786. The molecule has 0 aliphatic carbocycles. The van der Waals surface area contributed by atoms with Crippen molar-refractivity contribution < 1.29 is 57.5 Å². The standard InChI is InChI=1S/C72H70N4O12/c1-8-75-58-30-26-48(69(73-44-66(78)79)52-20-14-12-18-45(52)5)40-54(58)56-42-50(28-32-60(56)75)71(80)67-62(84-10-3)22-16-24-64(67)86-38-36-82-34-35-83-37-39-87-65-25-17-23-63(85-11-4)68(65)72(81)51-29-33-61-57(43-51)55-41-49(27-31-59(55)76(61)9-2)70(74-88-47(7)77)53-21-15-13-19-46(53)6/h12-33,40-43H,8-11,34-39,44H2,1-7H3,(H,78,79). The zero-order valence-electron chi connectivity index (χ0n) is 50.5. The number of oxime groups is 1. The molecule has 16 nitrogen and oxygen atoms in total. The lowest BCUT2D eigenvalue weighted by molar-refractivity contribution is -0.141. The number of hydrogen-bond acceptors (Lipinski definition) is 13. The molecular weight excluding hydrogens is 1110 g/mol. The lowest BCUT2D eigenvalue weighted by Gasteiger charge is -2.16. The van der Waals surface area contributed by atoms with Gasteiger partial charge < -0.3 is 47.5 Å². The summed E-state index contributed by atoms with van der Waals surface area (Å²) >= 11 is 0. The van der Waals surface area contributed by atoms with Crippen LogP contribution in [0.15, 0.2) is 168 Å². The van der Waals surface area contributed by atoms with Crippen molar-refractivity contribution in [3.8, 4) is 23.0 Å². The molecule has 1 N–H and O–H groups in total. The highest BCUT2D eigenvalue weighted by Gasteiger charge is 2.26. The minimum atomic E-state index is -1.03. The molecule has 0 bridgehead atoms. The maximum Gasteiger partial charge on any atom is 0.332 e. The molecule has 10 aromatic rings. The van der Waals surface area contributed by atoms with E-state index < -0.39 is 11.9 Å². The summed E-state index contributed by atoms with van der Waals surface area (Å²) < 4.78 is 40.8. The van der Waals surface area contributed by atoms with Gasteiger partial charge in [0, 0.05) is 97.0 Å². The quantitative estimate of drug-likeness (QED) is 0.0161. The van der Waals surface area contributed by atoms with Gasteiger partial charge in [-0.1, -0.05) is 78.0 Å². The summed E-state index contributed by atoms with van der Waals surface area (Å²) in [5.41, 5.74) is 11.5. The monoisotopic (exact) mass is 1180 g/mol. The van der Waals surface area contributed by atoms with Crippen LogP contribution < -0.4 is 18.9 Å². The fourth-order valence-electron chi connectivity index (χ4n) is 11.3. The van der Waals surface area contributed by atoms with E-state index in [0.717, 1.165) is 77.0 Å². The number of fused-ring (bicyclic) bond motifs is 6. The van der Waals surface area contributed by atoms with Crippen LogP contribution in [0.5, 0.6) is 23.0 Å². The van der Waals surface area contributed by atoms with Crippen molar-refractivity contribution in [1.82, 2.24) is 9.13 Å². The highest BCUT2D eigenvalue weighted by Crippen LogP contribution is 2.38. The van der Waals surface area contributed by atoms with Gasteiger partial charge in [0.05, 0.1) is 45.4 Å². The predicted octanol–water partition coefficient (Wildman–Crippen LogP) is 13.5. The van der Waals surface area contributed by atoms with E-state index in [-0.39, 0.29) is 57.8 Å². The fraction of sp³-hybridized carbons (Fsp3) is 0.250. The number of aromatic nitrogens is 2. The molecule has 2 heterocycles. The topological polar surface area (TPSA) is 188 Å². The largest absolute Gasteiger partial charge is 0.493 e. The van der Waals surface area contributed by atoms with E-state index in [1.165, 1.54) is 6.92 Å². The average Bonchev–Trinajstić information content (AvgIpc) is 1.90. The Hall–Kier alpha value is -9.90. The van der Waals surface area contributed by atoms with Gasteiger partial charge in [0.15, 0.2) is 0 Å². The Morgan fingerprint density at radius 3 is 1.22 bits per heavy atom. The van der Waals surface area contributed by atoms with E-state index in [0.29, 0.717) is 83.0 Å². The van der Waals surface area contributed by atoms with Crippen LogP contribution in [0.1, 0.15) is 99.8 Å². The highest BCUT2D eigenvalue weighted by molar-refractivity contribution is 6.21. The number of aryl methyl sites for hydroxylation is 4. The predicted molar refractivity (Wildman–Crippen MR) is 343 cm³/mol. The Labute approximate surface area is 510 Å². The number of ketones is 2. The third-order valence-electron chi connectivity index (χ3n) is 15.2. The zero-order valence-corrected chi connectivity index (χ0v) is 50.5. The average molecular weight is 1180 g/mol. The van der Waals surface area contributed by atoms with Crippen molar-refractivity contribution in [3.63, 3.8) is 0 Å². The number of aliphatic carboxylic acids is 1. The molecule has 450 valence electrons. The molecule has 0 radical (unpaired) electrons. The molecule has 0 atom stereocenters. The number of hydrogen-bond donors (Lipinski definition) is 1. The van der Waals surface area contributed by atoms with Crippen LogP contribution in [-0.2, 0) is 37.0 Å². The minimum absolute atomic E-state index is 0.139. The number of aliphatic imine (C=N–C) groups is 1. The molecule has 0 fully saturated rings. The number of ether oxygens (including phenoxy) is 6. The van der Waals surface area contributed by atoms with Crippen molar-refractivity contribution in [1.29, 1.82) is 0 Å². The summed E-state index contributed by atoms with van der Waals surface area (Å²) in [6.07, 6.45) is 0. The summed E-state index contributed by atoms with van der Waals surface area (Å²) in [4.78, 5) is 63.0. The number of carboxylic acid groups (broad SMARTS) is 1. The number of carboxylic acids is 1. The molecule has 0 saturated heterocycles. The molecule has 0 amide bonds. The van der Waals surface area contributed by atoms with Gasteiger partial charge in [0.25, 0.3) is 0 Å². The van der Waals surface area contributed by atoms with Crippen LogP contribution in [0.25, 0.3) is 43.6 Å². The molecule has 10 rings (SSSR count). The van der Waals surface area contributed by atoms with Gasteiger partial charge in [-0.05, 0) is 138 Å². The fourth-order valence-corrected chi connectivity index (χ4v) is 11.3. The number of benzene rings is 8. The van der Waals surface area contributed by atoms with Gasteiger partial charge in [0.2, 0.25) is 11.6 Å². The van der Waals surface area contributed by atoms with Crippen molar-refractivity contribution in [2.24, 2.45) is 10.1 Å². The second-order valence-corrected chi connectivity index (χ2v) is 20.8.